The van der Waals surface area contributed by atoms with E-state index >= 15 is 0 Å². The SMILES string of the molecule is O=C(Nc1ccc2[nH]c(=O)[nH]c2c1)c1ccc2[nH]c3c(c2c1)CCCCC3. The molecule has 0 aliphatic heterocycles. The number of fused-ring (bicyclic) bond motifs is 4. The normalized spacial score (nSPS) is 14.2. The summed E-state index contributed by atoms with van der Waals surface area (Å²) in [5.41, 5.74) is 6.20. The molecule has 0 unspecified atom stereocenters. The lowest BCUT2D eigenvalue weighted by atomic mass is 10.0. The maximum Gasteiger partial charge on any atom is 0.323 e. The average Bonchev–Trinajstić information content (AvgIpc) is 3.10. The first kappa shape index (κ1) is 15.9. The predicted octanol–water partition coefficient (Wildman–Crippen LogP) is 3.86. The molecule has 1 aliphatic rings. The summed E-state index contributed by atoms with van der Waals surface area (Å²) in [7, 11) is 0. The second-order valence-corrected chi connectivity index (χ2v) is 7.20. The van der Waals surface area contributed by atoms with E-state index in [-0.39, 0.29) is 11.6 Å². The minimum Gasteiger partial charge on any atom is -0.358 e. The molecular formula is C21H20N4O2. The number of carbonyl (C=O) groups excluding carboxylic acids is 1. The fraction of sp³-hybridized carbons (Fsp3) is 0.238. The zero-order chi connectivity index (χ0) is 18.4. The third kappa shape index (κ3) is 2.83. The number of hydrogen-bond donors (Lipinski definition) is 4. The monoisotopic (exact) mass is 360 g/mol. The average molecular weight is 360 g/mol. The van der Waals surface area contributed by atoms with E-state index in [0.29, 0.717) is 16.8 Å². The van der Waals surface area contributed by atoms with Crippen molar-refractivity contribution in [2.75, 3.05) is 5.32 Å². The first-order valence-electron chi connectivity index (χ1n) is 9.34. The molecule has 0 bridgehead atoms. The molecule has 27 heavy (non-hydrogen) atoms. The first-order valence-corrected chi connectivity index (χ1v) is 9.34. The van der Waals surface area contributed by atoms with E-state index in [1.807, 2.05) is 18.2 Å². The van der Waals surface area contributed by atoms with Crippen LogP contribution >= 0.6 is 0 Å². The first-order chi connectivity index (χ1) is 13.2. The van der Waals surface area contributed by atoms with E-state index < -0.39 is 0 Å². The lowest BCUT2D eigenvalue weighted by Gasteiger charge is -2.06. The fourth-order valence-corrected chi connectivity index (χ4v) is 4.04. The molecule has 136 valence electrons. The number of benzene rings is 2. The van der Waals surface area contributed by atoms with Crippen LogP contribution in [0.25, 0.3) is 21.9 Å². The Morgan fingerprint density at radius 1 is 0.852 bits per heavy atom. The molecule has 1 amide bonds. The fourth-order valence-electron chi connectivity index (χ4n) is 4.04. The van der Waals surface area contributed by atoms with Crippen molar-refractivity contribution in [2.45, 2.75) is 32.1 Å². The number of nitrogens with one attached hydrogen (secondary N) is 4. The van der Waals surface area contributed by atoms with Crippen molar-refractivity contribution < 1.29 is 4.79 Å². The van der Waals surface area contributed by atoms with Crippen molar-refractivity contribution in [2.24, 2.45) is 0 Å². The van der Waals surface area contributed by atoms with Crippen LogP contribution in [0.5, 0.6) is 0 Å². The van der Waals surface area contributed by atoms with Gasteiger partial charge in [0.2, 0.25) is 0 Å². The molecule has 2 aromatic heterocycles. The van der Waals surface area contributed by atoms with Crippen LogP contribution in [-0.4, -0.2) is 20.9 Å². The number of H-pyrrole nitrogens is 3. The summed E-state index contributed by atoms with van der Waals surface area (Å²) in [6, 6.07) is 11.1. The molecule has 2 heterocycles. The van der Waals surface area contributed by atoms with E-state index in [2.05, 4.69) is 20.3 Å². The molecule has 0 saturated heterocycles. The maximum atomic E-state index is 12.8. The lowest BCUT2D eigenvalue weighted by molar-refractivity contribution is 0.102. The van der Waals surface area contributed by atoms with Crippen LogP contribution in [0.4, 0.5) is 5.69 Å². The quantitative estimate of drug-likeness (QED) is 0.409. The van der Waals surface area contributed by atoms with Gasteiger partial charge < -0.3 is 20.3 Å². The van der Waals surface area contributed by atoms with Gasteiger partial charge in [-0.3, -0.25) is 4.79 Å². The number of hydrogen-bond acceptors (Lipinski definition) is 2. The molecule has 6 heteroatoms. The van der Waals surface area contributed by atoms with Gasteiger partial charge in [0.25, 0.3) is 5.91 Å². The highest BCUT2D eigenvalue weighted by molar-refractivity contribution is 6.07. The second kappa shape index (κ2) is 6.16. The topological polar surface area (TPSA) is 93.5 Å². The minimum atomic E-state index is -0.257. The number of amides is 1. The number of imidazole rings is 1. The molecule has 0 atom stereocenters. The van der Waals surface area contributed by atoms with Crippen LogP contribution in [0.15, 0.2) is 41.2 Å². The van der Waals surface area contributed by atoms with Gasteiger partial charge >= 0.3 is 5.69 Å². The van der Waals surface area contributed by atoms with E-state index in [4.69, 9.17) is 0 Å². The Kier molecular flexibility index (Phi) is 3.63. The lowest BCUT2D eigenvalue weighted by Crippen LogP contribution is -2.11. The summed E-state index contributed by atoms with van der Waals surface area (Å²) in [6.45, 7) is 0. The zero-order valence-corrected chi connectivity index (χ0v) is 14.8. The third-order valence-corrected chi connectivity index (χ3v) is 5.38. The number of aryl methyl sites for hydroxylation is 2. The summed E-state index contributed by atoms with van der Waals surface area (Å²) < 4.78 is 0. The Bertz CT molecular complexity index is 1230. The summed E-state index contributed by atoms with van der Waals surface area (Å²) in [5.74, 6) is -0.155. The molecule has 1 aliphatic carbocycles. The van der Waals surface area contributed by atoms with E-state index in [1.54, 1.807) is 18.2 Å². The van der Waals surface area contributed by atoms with Crippen molar-refractivity contribution in [3.8, 4) is 0 Å². The highest BCUT2D eigenvalue weighted by atomic mass is 16.2. The van der Waals surface area contributed by atoms with Crippen molar-refractivity contribution in [1.29, 1.82) is 0 Å². The van der Waals surface area contributed by atoms with E-state index in [0.717, 1.165) is 29.3 Å². The molecule has 0 radical (unpaired) electrons. The summed E-state index contributed by atoms with van der Waals surface area (Å²) in [4.78, 5) is 33.1. The molecule has 2 aromatic carbocycles. The maximum absolute atomic E-state index is 12.8. The van der Waals surface area contributed by atoms with Crippen LogP contribution in [0.1, 0.15) is 40.9 Å². The summed E-state index contributed by atoms with van der Waals surface area (Å²) in [5, 5.41) is 4.08. The number of aromatic nitrogens is 3. The predicted molar refractivity (Wildman–Crippen MR) is 106 cm³/mol. The molecular weight excluding hydrogens is 340 g/mol. The van der Waals surface area contributed by atoms with Gasteiger partial charge in [-0.15, -0.1) is 0 Å². The molecule has 0 saturated carbocycles. The van der Waals surface area contributed by atoms with Crippen LogP contribution in [0.2, 0.25) is 0 Å². The van der Waals surface area contributed by atoms with Crippen molar-refractivity contribution in [3.63, 3.8) is 0 Å². The van der Waals surface area contributed by atoms with Crippen molar-refractivity contribution in [1.82, 2.24) is 15.0 Å². The standard InChI is InChI=1S/C21H20N4O2/c26-20(22-13-7-9-18-19(11-13)25-21(27)24-18)12-6-8-17-15(10-12)14-4-2-1-3-5-16(14)23-17/h6-11,23H,1-5H2,(H,22,26)(H2,24,25,27). The number of aromatic amines is 3. The Morgan fingerprint density at radius 3 is 2.59 bits per heavy atom. The van der Waals surface area contributed by atoms with Crippen LogP contribution < -0.4 is 11.0 Å². The Hall–Kier alpha value is -3.28. The largest absolute Gasteiger partial charge is 0.358 e. The van der Waals surface area contributed by atoms with Crippen LogP contribution in [0.3, 0.4) is 0 Å². The molecule has 6 nitrogen and oxygen atoms in total. The van der Waals surface area contributed by atoms with Gasteiger partial charge in [0.15, 0.2) is 0 Å². The van der Waals surface area contributed by atoms with Crippen molar-refractivity contribution in [3.05, 3.63) is 63.7 Å². The summed E-state index contributed by atoms with van der Waals surface area (Å²) >= 11 is 0. The highest BCUT2D eigenvalue weighted by Gasteiger charge is 2.16. The van der Waals surface area contributed by atoms with E-state index in [9.17, 15) is 9.59 Å². The van der Waals surface area contributed by atoms with Crippen LogP contribution in [0, 0.1) is 0 Å². The highest BCUT2D eigenvalue weighted by Crippen LogP contribution is 2.29. The second-order valence-electron chi connectivity index (χ2n) is 7.20. The minimum absolute atomic E-state index is 0.155. The van der Waals surface area contributed by atoms with Gasteiger partial charge in [0.1, 0.15) is 0 Å². The van der Waals surface area contributed by atoms with Gasteiger partial charge in [-0.1, -0.05) is 6.42 Å². The molecule has 0 fully saturated rings. The summed E-state index contributed by atoms with van der Waals surface area (Å²) in [6.07, 6.45) is 5.83. The number of anilines is 1. The Morgan fingerprint density at radius 2 is 1.67 bits per heavy atom. The van der Waals surface area contributed by atoms with Gasteiger partial charge in [-0.25, -0.2) is 4.79 Å². The Labute approximate surface area is 155 Å². The van der Waals surface area contributed by atoms with Gasteiger partial charge in [0.05, 0.1) is 11.0 Å². The number of carbonyl (C=O) groups is 1. The van der Waals surface area contributed by atoms with Gasteiger partial charge in [-0.05, 0) is 67.6 Å². The molecule has 0 spiro atoms. The molecule has 4 aromatic rings. The Balaban J connectivity index is 1.47. The van der Waals surface area contributed by atoms with Crippen molar-refractivity contribution >= 4 is 33.5 Å². The number of rotatable bonds is 2. The van der Waals surface area contributed by atoms with Gasteiger partial charge in [0, 0.05) is 27.8 Å². The smallest absolute Gasteiger partial charge is 0.323 e. The third-order valence-electron chi connectivity index (χ3n) is 5.38. The zero-order valence-electron chi connectivity index (χ0n) is 14.8. The molecule has 4 N–H and O–H groups in total. The van der Waals surface area contributed by atoms with Gasteiger partial charge in [-0.2, -0.15) is 0 Å². The van der Waals surface area contributed by atoms with E-state index in [1.165, 1.54) is 30.5 Å². The van der Waals surface area contributed by atoms with Crippen LogP contribution in [-0.2, 0) is 12.8 Å². The molecule has 5 rings (SSSR count).